The van der Waals surface area contributed by atoms with E-state index in [9.17, 15) is 22.4 Å². The molecule has 3 N–H and O–H groups in total. The van der Waals surface area contributed by atoms with Gasteiger partial charge >= 0.3 is 6.29 Å². The van der Waals surface area contributed by atoms with Crippen LogP contribution >= 0.6 is 0 Å². The number of aliphatic hydroxyl groups excluding tert-OH is 1. The predicted molar refractivity (Wildman–Crippen MR) is 104 cm³/mol. The summed E-state index contributed by atoms with van der Waals surface area (Å²) in [6.45, 7) is 0.0957. The Bertz CT molecular complexity index is 1070. The van der Waals surface area contributed by atoms with Crippen LogP contribution in [-0.2, 0) is 6.42 Å². The maximum atomic E-state index is 12.9. The molecule has 3 aromatic rings. The van der Waals surface area contributed by atoms with Crippen LogP contribution < -0.4 is 15.2 Å². The molecule has 0 saturated carbocycles. The SMILES string of the molecule is NC(=O)c1c(F)cccc1F.OCCc1ccc(-c2ccc3c(c2)OC(F)(F)O3)cc1. The van der Waals surface area contributed by atoms with Crippen LogP contribution in [0.2, 0.25) is 0 Å². The van der Waals surface area contributed by atoms with Gasteiger partial charge < -0.3 is 20.3 Å². The first kappa shape index (κ1) is 22.1. The van der Waals surface area contributed by atoms with Crippen LogP contribution in [0.5, 0.6) is 11.5 Å². The second kappa shape index (κ2) is 9.05. The monoisotopic (exact) mass is 435 g/mol. The number of fused-ring (bicyclic) bond motifs is 1. The highest BCUT2D eigenvalue weighted by atomic mass is 19.3. The number of aliphatic hydroxyl groups is 1. The molecule has 0 fully saturated rings. The molecule has 0 unspecified atom stereocenters. The zero-order valence-electron chi connectivity index (χ0n) is 15.9. The van der Waals surface area contributed by atoms with E-state index < -0.39 is 29.4 Å². The standard InChI is InChI=1S/C15H12F2O3.C7H5F2NO/c16-15(17)19-13-6-5-12(9-14(13)20-15)11-3-1-10(2-4-11)7-8-18;8-4-2-1-3-5(9)6(4)7(10)11/h1-6,9,18H,7-8H2;1-3H,(H2,10,11). The van der Waals surface area contributed by atoms with Gasteiger partial charge in [-0.2, -0.15) is 0 Å². The minimum atomic E-state index is -3.59. The Morgan fingerprint density at radius 2 is 1.48 bits per heavy atom. The molecule has 3 aromatic carbocycles. The molecule has 4 rings (SSSR count). The zero-order chi connectivity index (χ0) is 22.6. The summed E-state index contributed by atoms with van der Waals surface area (Å²) in [6.07, 6.45) is -3.00. The second-order valence-electron chi connectivity index (χ2n) is 6.46. The third-order valence-electron chi connectivity index (χ3n) is 4.30. The van der Waals surface area contributed by atoms with Crippen LogP contribution in [0.15, 0.2) is 60.7 Å². The van der Waals surface area contributed by atoms with Crippen LogP contribution in [0.25, 0.3) is 11.1 Å². The Hall–Kier alpha value is -3.59. The number of halogens is 4. The summed E-state index contributed by atoms with van der Waals surface area (Å²) < 4.78 is 59.8. The molecule has 5 nitrogen and oxygen atoms in total. The Morgan fingerprint density at radius 3 is 2.03 bits per heavy atom. The smallest absolute Gasteiger partial charge is 0.396 e. The summed E-state index contributed by atoms with van der Waals surface area (Å²) in [5, 5.41) is 8.86. The number of amides is 1. The Morgan fingerprint density at radius 1 is 0.903 bits per heavy atom. The topological polar surface area (TPSA) is 81.8 Å². The lowest BCUT2D eigenvalue weighted by Gasteiger charge is -2.05. The third-order valence-corrected chi connectivity index (χ3v) is 4.30. The summed E-state index contributed by atoms with van der Waals surface area (Å²) in [7, 11) is 0. The molecule has 0 radical (unpaired) electrons. The number of hydrogen-bond acceptors (Lipinski definition) is 4. The van der Waals surface area contributed by atoms with E-state index in [1.54, 1.807) is 6.07 Å². The van der Waals surface area contributed by atoms with Crippen molar-refractivity contribution < 1.29 is 36.9 Å². The molecular weight excluding hydrogens is 418 g/mol. The number of benzene rings is 3. The quantitative estimate of drug-likeness (QED) is 0.600. The number of primary amides is 1. The fourth-order valence-electron chi connectivity index (χ4n) is 2.85. The largest absolute Gasteiger partial charge is 0.586 e. The summed E-state index contributed by atoms with van der Waals surface area (Å²) in [6, 6.07) is 15.3. The van der Waals surface area contributed by atoms with E-state index in [2.05, 4.69) is 9.47 Å². The normalized spacial score (nSPS) is 13.3. The van der Waals surface area contributed by atoms with Gasteiger partial charge in [-0.1, -0.05) is 36.4 Å². The molecule has 0 aliphatic carbocycles. The average molecular weight is 435 g/mol. The third kappa shape index (κ3) is 5.32. The van der Waals surface area contributed by atoms with E-state index in [1.165, 1.54) is 12.1 Å². The van der Waals surface area contributed by atoms with Gasteiger partial charge in [0.05, 0.1) is 0 Å². The minimum absolute atomic E-state index is 0.0342. The molecule has 1 heterocycles. The van der Waals surface area contributed by atoms with Crippen LogP contribution in [0.3, 0.4) is 0 Å². The first-order chi connectivity index (χ1) is 14.7. The van der Waals surface area contributed by atoms with E-state index >= 15 is 0 Å². The molecular formula is C22H17F4NO4. The van der Waals surface area contributed by atoms with Crippen LogP contribution in [0, 0.1) is 11.6 Å². The van der Waals surface area contributed by atoms with Crippen molar-refractivity contribution in [1.82, 2.24) is 0 Å². The van der Waals surface area contributed by atoms with E-state index in [-0.39, 0.29) is 18.1 Å². The molecule has 0 bridgehead atoms. The number of carbonyl (C=O) groups is 1. The van der Waals surface area contributed by atoms with Gasteiger partial charge in [0.25, 0.3) is 5.91 Å². The second-order valence-corrected chi connectivity index (χ2v) is 6.46. The molecule has 31 heavy (non-hydrogen) atoms. The van der Waals surface area contributed by atoms with E-state index in [1.807, 2.05) is 24.3 Å². The van der Waals surface area contributed by atoms with Gasteiger partial charge in [0.1, 0.15) is 17.2 Å². The molecule has 9 heteroatoms. The van der Waals surface area contributed by atoms with Crippen LogP contribution in [0.1, 0.15) is 15.9 Å². The maximum Gasteiger partial charge on any atom is 0.586 e. The summed E-state index contributed by atoms with van der Waals surface area (Å²) >= 11 is 0. The lowest BCUT2D eigenvalue weighted by molar-refractivity contribution is -0.286. The average Bonchev–Trinajstić information content (AvgIpc) is 3.02. The van der Waals surface area contributed by atoms with E-state index in [4.69, 9.17) is 10.8 Å². The van der Waals surface area contributed by atoms with Gasteiger partial charge in [-0.25, -0.2) is 8.78 Å². The van der Waals surface area contributed by atoms with E-state index in [0.29, 0.717) is 6.42 Å². The highest BCUT2D eigenvalue weighted by Crippen LogP contribution is 2.42. The van der Waals surface area contributed by atoms with Crippen molar-refractivity contribution in [3.63, 3.8) is 0 Å². The lowest BCUT2D eigenvalue weighted by atomic mass is 10.0. The highest BCUT2D eigenvalue weighted by Gasteiger charge is 2.43. The summed E-state index contributed by atoms with van der Waals surface area (Å²) in [4.78, 5) is 10.4. The molecule has 0 atom stereocenters. The summed E-state index contributed by atoms with van der Waals surface area (Å²) in [5.41, 5.74) is 6.67. The van der Waals surface area contributed by atoms with Crippen molar-refractivity contribution >= 4 is 5.91 Å². The Kier molecular flexibility index (Phi) is 6.45. The van der Waals surface area contributed by atoms with Crippen LogP contribution in [0.4, 0.5) is 17.6 Å². The number of rotatable bonds is 4. The lowest BCUT2D eigenvalue weighted by Crippen LogP contribution is -2.25. The van der Waals surface area contributed by atoms with Gasteiger partial charge in [0, 0.05) is 6.61 Å². The molecule has 1 aliphatic rings. The molecule has 1 aliphatic heterocycles. The Labute approximate surface area is 174 Å². The first-order valence-corrected chi connectivity index (χ1v) is 9.04. The molecule has 0 aromatic heterocycles. The highest BCUT2D eigenvalue weighted by molar-refractivity contribution is 5.93. The molecule has 0 spiro atoms. The van der Waals surface area contributed by atoms with E-state index in [0.717, 1.165) is 34.9 Å². The van der Waals surface area contributed by atoms with Gasteiger partial charge in [-0.3, -0.25) is 4.79 Å². The summed E-state index contributed by atoms with van der Waals surface area (Å²) in [5.74, 6) is -2.89. The van der Waals surface area contributed by atoms with Crippen molar-refractivity contribution in [2.24, 2.45) is 5.73 Å². The number of nitrogens with two attached hydrogens (primary N) is 1. The predicted octanol–water partition coefficient (Wildman–Crippen LogP) is 4.27. The molecule has 162 valence electrons. The van der Waals surface area contributed by atoms with Crippen molar-refractivity contribution in [2.75, 3.05) is 6.61 Å². The zero-order valence-corrected chi connectivity index (χ0v) is 15.9. The van der Waals surface area contributed by atoms with Crippen molar-refractivity contribution in [3.05, 3.63) is 83.4 Å². The number of ether oxygens (including phenoxy) is 2. The van der Waals surface area contributed by atoms with Crippen molar-refractivity contribution in [2.45, 2.75) is 12.7 Å². The molecule has 0 saturated heterocycles. The van der Waals surface area contributed by atoms with Gasteiger partial charge in [0.2, 0.25) is 0 Å². The Balaban J connectivity index is 0.000000210. The molecule has 1 amide bonds. The van der Waals surface area contributed by atoms with Crippen molar-refractivity contribution in [3.8, 4) is 22.6 Å². The van der Waals surface area contributed by atoms with Gasteiger partial charge in [-0.05, 0) is 47.4 Å². The van der Waals surface area contributed by atoms with Crippen molar-refractivity contribution in [1.29, 1.82) is 0 Å². The van der Waals surface area contributed by atoms with Gasteiger partial charge in [0.15, 0.2) is 11.5 Å². The van der Waals surface area contributed by atoms with Gasteiger partial charge in [-0.15, -0.1) is 8.78 Å². The number of hydrogen-bond donors (Lipinski definition) is 2. The minimum Gasteiger partial charge on any atom is -0.396 e. The van der Waals surface area contributed by atoms with Crippen LogP contribution in [-0.4, -0.2) is 23.9 Å². The first-order valence-electron chi connectivity index (χ1n) is 9.04. The number of alkyl halides is 2. The maximum absolute atomic E-state index is 12.9. The fraction of sp³-hybridized carbons (Fsp3) is 0.136. The number of carbonyl (C=O) groups excluding carboxylic acids is 1. The fourth-order valence-corrected chi connectivity index (χ4v) is 2.85.